The van der Waals surface area contributed by atoms with Gasteiger partial charge in [-0.15, -0.1) is 0 Å². The van der Waals surface area contributed by atoms with Crippen molar-refractivity contribution in [3.63, 3.8) is 0 Å². The molecule has 0 spiro atoms. The molecule has 3 aromatic rings. The standard InChI is InChI=1S/C22H18N4O4S2/c1-3-30-18-10-9-14(11-17(18)26(28)29)20-15(12-19-21(27)24(2)22(31)32-19)13-25(23-20)16-7-5-4-6-8-16/h4-13H,3H2,1-2H3/b19-12-. The Morgan fingerprint density at radius 3 is 2.62 bits per heavy atom. The van der Waals surface area contributed by atoms with Crippen molar-refractivity contribution in [2.24, 2.45) is 0 Å². The number of benzene rings is 2. The number of carbonyl (C=O) groups excluding carboxylic acids is 1. The fourth-order valence-corrected chi connectivity index (χ4v) is 4.37. The van der Waals surface area contributed by atoms with E-state index in [1.807, 2.05) is 30.3 Å². The summed E-state index contributed by atoms with van der Waals surface area (Å²) in [4.78, 5) is 25.5. The van der Waals surface area contributed by atoms with Crippen molar-refractivity contribution >= 4 is 46.0 Å². The number of hydrogen-bond acceptors (Lipinski definition) is 7. The molecule has 10 heteroatoms. The van der Waals surface area contributed by atoms with E-state index in [0.29, 0.717) is 32.7 Å². The Labute approximate surface area is 193 Å². The number of nitro groups is 1. The van der Waals surface area contributed by atoms with Crippen LogP contribution in [-0.4, -0.2) is 43.5 Å². The zero-order valence-corrected chi connectivity index (χ0v) is 18.9. The molecule has 0 saturated carbocycles. The van der Waals surface area contributed by atoms with Gasteiger partial charge in [-0.3, -0.25) is 19.8 Å². The zero-order valence-electron chi connectivity index (χ0n) is 17.2. The molecule has 0 N–H and O–H groups in total. The normalized spacial score (nSPS) is 14.9. The largest absolute Gasteiger partial charge is 0.487 e. The van der Waals surface area contributed by atoms with Crippen LogP contribution in [0.1, 0.15) is 12.5 Å². The first kappa shape index (κ1) is 21.7. The molecule has 1 saturated heterocycles. The van der Waals surface area contributed by atoms with Gasteiger partial charge in [-0.2, -0.15) is 5.10 Å². The molecule has 1 amide bonds. The van der Waals surface area contributed by atoms with E-state index in [4.69, 9.17) is 17.0 Å². The lowest BCUT2D eigenvalue weighted by atomic mass is 10.1. The second-order valence-corrected chi connectivity index (χ2v) is 8.50. The van der Waals surface area contributed by atoms with Crippen molar-refractivity contribution in [2.45, 2.75) is 6.92 Å². The van der Waals surface area contributed by atoms with Crippen LogP contribution in [0.15, 0.2) is 59.6 Å². The van der Waals surface area contributed by atoms with Gasteiger partial charge in [0.2, 0.25) is 0 Å². The highest BCUT2D eigenvalue weighted by Gasteiger charge is 2.29. The van der Waals surface area contributed by atoms with E-state index >= 15 is 0 Å². The van der Waals surface area contributed by atoms with Crippen LogP contribution >= 0.6 is 24.0 Å². The second-order valence-electron chi connectivity index (χ2n) is 6.83. The Morgan fingerprint density at radius 2 is 2.00 bits per heavy atom. The maximum Gasteiger partial charge on any atom is 0.311 e. The Bertz CT molecular complexity index is 1250. The number of hydrogen-bond donors (Lipinski definition) is 0. The number of nitrogens with zero attached hydrogens (tertiary/aromatic N) is 4. The van der Waals surface area contributed by atoms with Crippen LogP contribution in [0.4, 0.5) is 5.69 Å². The third-order valence-electron chi connectivity index (χ3n) is 4.77. The first-order chi connectivity index (χ1) is 15.4. The predicted octanol–water partition coefficient (Wildman–Crippen LogP) is 4.68. The number of thioether (sulfide) groups is 1. The smallest absolute Gasteiger partial charge is 0.311 e. The molecule has 2 heterocycles. The van der Waals surface area contributed by atoms with E-state index in [0.717, 1.165) is 5.69 Å². The number of likely N-dealkylation sites (N-methyl/N-ethyl adjacent to an activating group) is 1. The summed E-state index contributed by atoms with van der Waals surface area (Å²) in [6, 6.07) is 14.2. The molecular weight excluding hydrogens is 448 g/mol. The predicted molar refractivity (Wildman–Crippen MR) is 128 cm³/mol. The number of rotatable bonds is 6. The molecule has 0 aliphatic carbocycles. The number of carbonyl (C=O) groups is 1. The summed E-state index contributed by atoms with van der Waals surface area (Å²) in [6.45, 7) is 2.08. The van der Waals surface area contributed by atoms with Gasteiger partial charge in [-0.05, 0) is 37.3 Å². The maximum atomic E-state index is 12.5. The lowest BCUT2D eigenvalue weighted by Gasteiger charge is -2.06. The first-order valence-electron chi connectivity index (χ1n) is 9.67. The molecule has 1 aromatic heterocycles. The van der Waals surface area contributed by atoms with Gasteiger partial charge in [0.15, 0.2) is 5.75 Å². The topological polar surface area (TPSA) is 90.5 Å². The number of para-hydroxylation sites is 1. The number of amides is 1. The molecule has 1 aliphatic rings. The minimum atomic E-state index is -0.482. The highest BCUT2D eigenvalue weighted by Crippen LogP contribution is 2.36. The average molecular weight is 467 g/mol. The highest BCUT2D eigenvalue weighted by atomic mass is 32.2. The molecule has 0 bridgehead atoms. The molecule has 8 nitrogen and oxygen atoms in total. The summed E-state index contributed by atoms with van der Waals surface area (Å²) in [5.41, 5.74) is 2.34. The van der Waals surface area contributed by atoms with Crippen molar-refractivity contribution in [1.29, 1.82) is 0 Å². The number of ether oxygens (including phenoxy) is 1. The van der Waals surface area contributed by atoms with Crippen LogP contribution < -0.4 is 4.74 Å². The molecule has 1 fully saturated rings. The molecular formula is C22H18N4O4S2. The maximum absolute atomic E-state index is 12.5. The Kier molecular flexibility index (Phi) is 6.06. The van der Waals surface area contributed by atoms with E-state index < -0.39 is 4.92 Å². The van der Waals surface area contributed by atoms with Gasteiger partial charge in [-0.25, -0.2) is 4.68 Å². The lowest BCUT2D eigenvalue weighted by Crippen LogP contribution is -2.22. The summed E-state index contributed by atoms with van der Waals surface area (Å²) in [5.74, 6) is -0.00627. The van der Waals surface area contributed by atoms with Crippen molar-refractivity contribution in [2.75, 3.05) is 13.7 Å². The molecule has 1 aliphatic heterocycles. The van der Waals surface area contributed by atoms with Gasteiger partial charge in [0.25, 0.3) is 5.91 Å². The summed E-state index contributed by atoms with van der Waals surface area (Å²) < 4.78 is 7.54. The summed E-state index contributed by atoms with van der Waals surface area (Å²) >= 11 is 6.43. The Morgan fingerprint density at radius 1 is 1.25 bits per heavy atom. The monoisotopic (exact) mass is 466 g/mol. The van der Waals surface area contributed by atoms with E-state index in [9.17, 15) is 14.9 Å². The number of thiocarbonyl (C=S) groups is 1. The van der Waals surface area contributed by atoms with Crippen LogP contribution in [0, 0.1) is 10.1 Å². The van der Waals surface area contributed by atoms with Crippen LogP contribution in [0.2, 0.25) is 0 Å². The van der Waals surface area contributed by atoms with Gasteiger partial charge in [0.1, 0.15) is 10.0 Å². The van der Waals surface area contributed by atoms with Gasteiger partial charge < -0.3 is 4.74 Å². The summed E-state index contributed by atoms with van der Waals surface area (Å²) in [6.07, 6.45) is 3.50. The molecule has 32 heavy (non-hydrogen) atoms. The fraction of sp³-hybridized carbons (Fsp3) is 0.136. The van der Waals surface area contributed by atoms with E-state index in [1.54, 1.807) is 43.1 Å². The van der Waals surface area contributed by atoms with E-state index in [1.165, 1.54) is 22.7 Å². The lowest BCUT2D eigenvalue weighted by molar-refractivity contribution is -0.385. The zero-order chi connectivity index (χ0) is 22.8. The van der Waals surface area contributed by atoms with Gasteiger partial charge >= 0.3 is 5.69 Å². The van der Waals surface area contributed by atoms with Crippen molar-refractivity contribution < 1.29 is 14.5 Å². The molecule has 2 aromatic carbocycles. The van der Waals surface area contributed by atoms with Crippen LogP contribution in [0.5, 0.6) is 5.75 Å². The van der Waals surface area contributed by atoms with Gasteiger partial charge in [-0.1, -0.05) is 42.2 Å². The summed E-state index contributed by atoms with van der Waals surface area (Å²) in [5, 5.41) is 16.3. The highest BCUT2D eigenvalue weighted by molar-refractivity contribution is 8.26. The molecule has 162 valence electrons. The molecule has 0 atom stereocenters. The van der Waals surface area contributed by atoms with Gasteiger partial charge in [0.05, 0.1) is 22.1 Å². The van der Waals surface area contributed by atoms with E-state index in [-0.39, 0.29) is 17.3 Å². The van der Waals surface area contributed by atoms with E-state index in [2.05, 4.69) is 5.10 Å². The SMILES string of the molecule is CCOc1ccc(-c2nn(-c3ccccc3)cc2/C=C2\SC(=S)N(C)C2=O)cc1[N+](=O)[O-]. The molecule has 0 unspecified atom stereocenters. The molecule has 4 rings (SSSR count). The van der Waals surface area contributed by atoms with Gasteiger partial charge in [0, 0.05) is 30.4 Å². The number of nitro benzene ring substituents is 1. The fourth-order valence-electron chi connectivity index (χ4n) is 3.20. The molecule has 0 radical (unpaired) electrons. The summed E-state index contributed by atoms with van der Waals surface area (Å²) in [7, 11) is 1.63. The van der Waals surface area contributed by atoms with Crippen LogP contribution in [0.3, 0.4) is 0 Å². The Hall–Kier alpha value is -3.50. The Balaban J connectivity index is 1.87. The average Bonchev–Trinajstić information content (AvgIpc) is 3.31. The van der Waals surface area contributed by atoms with Crippen molar-refractivity contribution in [3.05, 3.63) is 75.3 Å². The van der Waals surface area contributed by atoms with Crippen molar-refractivity contribution in [1.82, 2.24) is 14.7 Å². The second kappa shape index (κ2) is 8.93. The quantitative estimate of drug-likeness (QED) is 0.225. The third-order valence-corrected chi connectivity index (χ3v) is 6.25. The minimum Gasteiger partial charge on any atom is -0.487 e. The van der Waals surface area contributed by atoms with Crippen molar-refractivity contribution in [3.8, 4) is 22.7 Å². The van der Waals surface area contributed by atoms with Crippen LogP contribution in [0.25, 0.3) is 23.0 Å². The third kappa shape index (κ3) is 4.14. The number of aromatic nitrogens is 2. The first-order valence-corrected chi connectivity index (χ1v) is 10.9. The van der Waals surface area contributed by atoms with Crippen LogP contribution in [-0.2, 0) is 4.79 Å². The minimum absolute atomic E-state index is 0.149.